The van der Waals surface area contributed by atoms with Crippen LogP contribution >= 0.6 is 0 Å². The van der Waals surface area contributed by atoms with Gasteiger partial charge < -0.3 is 9.47 Å². The van der Waals surface area contributed by atoms with Gasteiger partial charge in [-0.3, -0.25) is 18.7 Å². The fourth-order valence-corrected chi connectivity index (χ4v) is 2.98. The lowest BCUT2D eigenvalue weighted by atomic mass is 10.1. The van der Waals surface area contributed by atoms with Gasteiger partial charge in [0.05, 0.1) is 37.1 Å². The molecule has 0 atom stereocenters. The molecule has 10 heteroatoms. The zero-order valence-electron chi connectivity index (χ0n) is 17.2. The zero-order valence-corrected chi connectivity index (χ0v) is 17.2. The van der Waals surface area contributed by atoms with E-state index < -0.39 is 17.2 Å². The van der Waals surface area contributed by atoms with Crippen LogP contribution in [0.25, 0.3) is 11.0 Å². The van der Waals surface area contributed by atoms with E-state index in [0.29, 0.717) is 22.8 Å². The third-order valence-corrected chi connectivity index (χ3v) is 4.65. The Morgan fingerprint density at radius 2 is 1.80 bits per heavy atom. The first-order valence-electron chi connectivity index (χ1n) is 8.91. The Bertz CT molecular complexity index is 1290. The van der Waals surface area contributed by atoms with Gasteiger partial charge in [-0.05, 0) is 36.8 Å². The van der Waals surface area contributed by atoms with Crippen molar-refractivity contribution in [3.05, 3.63) is 61.9 Å². The maximum absolute atomic E-state index is 12.6. The summed E-state index contributed by atoms with van der Waals surface area (Å²) in [6.45, 7) is 1.62. The lowest BCUT2D eigenvalue weighted by Gasteiger charge is -2.10. The summed E-state index contributed by atoms with van der Waals surface area (Å²) in [4.78, 5) is 41.3. The topological polar surface area (TPSA) is 117 Å². The van der Waals surface area contributed by atoms with Crippen molar-refractivity contribution >= 4 is 23.2 Å². The predicted molar refractivity (Wildman–Crippen MR) is 112 cm³/mol. The van der Waals surface area contributed by atoms with Crippen LogP contribution in [-0.4, -0.2) is 40.5 Å². The maximum Gasteiger partial charge on any atom is 0.332 e. The molecule has 0 aliphatic carbocycles. The molecule has 0 bridgehead atoms. The van der Waals surface area contributed by atoms with Crippen LogP contribution in [0.3, 0.4) is 0 Å². The van der Waals surface area contributed by atoms with Gasteiger partial charge in [0.2, 0.25) is 0 Å². The monoisotopic (exact) mass is 411 g/mol. The van der Waals surface area contributed by atoms with E-state index in [1.165, 1.54) is 45.2 Å². The molecule has 0 saturated carbocycles. The summed E-state index contributed by atoms with van der Waals surface area (Å²) in [6.07, 6.45) is 1.45. The Labute approximate surface area is 171 Å². The highest BCUT2D eigenvalue weighted by Gasteiger charge is 2.16. The summed E-state index contributed by atoms with van der Waals surface area (Å²) in [5.74, 6) is 0.575. The third kappa shape index (κ3) is 3.66. The van der Waals surface area contributed by atoms with Gasteiger partial charge in [-0.15, -0.1) is 0 Å². The normalized spacial score (nSPS) is 11.1. The van der Waals surface area contributed by atoms with Gasteiger partial charge in [0.25, 0.3) is 11.5 Å². The average Bonchev–Trinajstić information content (AvgIpc) is 2.75. The second-order valence-electron chi connectivity index (χ2n) is 6.51. The Morgan fingerprint density at radius 1 is 1.10 bits per heavy atom. The van der Waals surface area contributed by atoms with Crippen LogP contribution in [0.4, 0.5) is 0 Å². The number of carbonyl (C=O) groups is 1. The van der Waals surface area contributed by atoms with E-state index in [2.05, 4.69) is 15.5 Å². The largest absolute Gasteiger partial charge is 0.493 e. The summed E-state index contributed by atoms with van der Waals surface area (Å²) in [5.41, 5.74) is 2.85. The van der Waals surface area contributed by atoms with Crippen molar-refractivity contribution in [2.24, 2.45) is 19.2 Å². The molecular formula is C20H21N5O5. The smallest absolute Gasteiger partial charge is 0.332 e. The fourth-order valence-electron chi connectivity index (χ4n) is 2.98. The van der Waals surface area contributed by atoms with Crippen LogP contribution in [0.15, 0.2) is 39.0 Å². The molecular weight excluding hydrogens is 390 g/mol. The molecule has 1 amide bonds. The van der Waals surface area contributed by atoms with E-state index in [9.17, 15) is 14.4 Å². The molecule has 0 spiro atoms. The number of amides is 1. The van der Waals surface area contributed by atoms with Crippen LogP contribution in [0.1, 0.15) is 21.6 Å². The van der Waals surface area contributed by atoms with Gasteiger partial charge in [-0.2, -0.15) is 5.10 Å². The molecule has 1 aromatic carbocycles. The molecule has 10 nitrogen and oxygen atoms in total. The lowest BCUT2D eigenvalue weighted by molar-refractivity contribution is 0.0954. The number of aromatic nitrogens is 3. The number of pyridine rings is 1. The van der Waals surface area contributed by atoms with Gasteiger partial charge in [0, 0.05) is 14.1 Å². The van der Waals surface area contributed by atoms with Crippen molar-refractivity contribution in [2.45, 2.75) is 6.92 Å². The van der Waals surface area contributed by atoms with Crippen molar-refractivity contribution in [2.75, 3.05) is 14.2 Å². The van der Waals surface area contributed by atoms with Gasteiger partial charge >= 0.3 is 5.69 Å². The summed E-state index contributed by atoms with van der Waals surface area (Å²) in [6, 6.07) is 6.60. The number of fused-ring (bicyclic) bond motifs is 1. The number of hydrazone groups is 1. The number of hydrogen-bond donors (Lipinski definition) is 1. The fraction of sp³-hybridized carbons (Fsp3) is 0.250. The first-order chi connectivity index (χ1) is 14.3. The van der Waals surface area contributed by atoms with Crippen molar-refractivity contribution < 1.29 is 14.3 Å². The van der Waals surface area contributed by atoms with Crippen molar-refractivity contribution in [3.8, 4) is 11.5 Å². The minimum Gasteiger partial charge on any atom is -0.493 e. The van der Waals surface area contributed by atoms with Crippen molar-refractivity contribution in [3.63, 3.8) is 0 Å². The molecule has 0 aliphatic rings. The number of aryl methyl sites for hydroxylation is 2. The molecule has 0 fully saturated rings. The number of hydrogen-bond acceptors (Lipinski definition) is 7. The molecule has 0 saturated heterocycles. The molecule has 30 heavy (non-hydrogen) atoms. The van der Waals surface area contributed by atoms with Crippen LogP contribution in [0, 0.1) is 6.92 Å². The van der Waals surface area contributed by atoms with Crippen molar-refractivity contribution in [1.82, 2.24) is 19.5 Å². The third-order valence-electron chi connectivity index (χ3n) is 4.65. The van der Waals surface area contributed by atoms with Gasteiger partial charge in [-0.25, -0.2) is 15.2 Å². The Hall–Kier alpha value is -3.95. The predicted octanol–water partition coefficient (Wildman–Crippen LogP) is 0.722. The number of methoxy groups -OCH3 is 2. The average molecular weight is 411 g/mol. The SMILES string of the molecule is COc1ccc(C=NNC(=O)c2cc3c(=O)n(C)c(=O)n(C)c3nc2C)cc1OC. The second kappa shape index (κ2) is 8.19. The highest BCUT2D eigenvalue weighted by molar-refractivity contribution is 5.98. The Morgan fingerprint density at radius 3 is 2.47 bits per heavy atom. The quantitative estimate of drug-likeness (QED) is 0.488. The molecule has 3 rings (SSSR count). The number of ether oxygens (including phenoxy) is 2. The summed E-state index contributed by atoms with van der Waals surface area (Å²) < 4.78 is 12.6. The van der Waals surface area contributed by atoms with Crippen LogP contribution in [0.2, 0.25) is 0 Å². The first-order valence-corrected chi connectivity index (χ1v) is 8.91. The molecule has 0 aliphatic heterocycles. The minimum atomic E-state index is -0.533. The molecule has 2 heterocycles. The maximum atomic E-state index is 12.6. The zero-order chi connectivity index (χ0) is 22.0. The van der Waals surface area contributed by atoms with E-state index in [1.807, 2.05) is 0 Å². The molecule has 1 N–H and O–H groups in total. The van der Waals surface area contributed by atoms with Crippen LogP contribution < -0.4 is 26.1 Å². The molecule has 2 aromatic heterocycles. The summed E-state index contributed by atoms with van der Waals surface area (Å²) in [7, 11) is 5.95. The van der Waals surface area contributed by atoms with Gasteiger partial charge in [0.1, 0.15) is 5.65 Å². The van der Waals surface area contributed by atoms with E-state index >= 15 is 0 Å². The summed E-state index contributed by atoms with van der Waals surface area (Å²) in [5, 5.41) is 4.12. The minimum absolute atomic E-state index is 0.166. The second-order valence-corrected chi connectivity index (χ2v) is 6.51. The first kappa shape index (κ1) is 20.8. The van der Waals surface area contributed by atoms with E-state index in [-0.39, 0.29) is 16.6 Å². The molecule has 3 aromatic rings. The lowest BCUT2D eigenvalue weighted by Crippen LogP contribution is -2.37. The van der Waals surface area contributed by atoms with E-state index in [0.717, 1.165) is 4.57 Å². The van der Waals surface area contributed by atoms with E-state index in [1.54, 1.807) is 25.1 Å². The van der Waals surface area contributed by atoms with Crippen LogP contribution in [-0.2, 0) is 14.1 Å². The number of nitrogens with zero attached hydrogens (tertiary/aromatic N) is 4. The summed E-state index contributed by atoms with van der Waals surface area (Å²) >= 11 is 0. The number of rotatable bonds is 5. The molecule has 0 unspecified atom stereocenters. The number of benzene rings is 1. The standard InChI is InChI=1S/C20H21N5O5/c1-11-13(9-14-17(22-11)24(2)20(28)25(3)19(14)27)18(26)23-21-10-12-6-7-15(29-4)16(8-12)30-5/h6-10H,1-5H3,(H,23,26). The Balaban J connectivity index is 1.90. The van der Waals surface area contributed by atoms with Gasteiger partial charge in [0.15, 0.2) is 11.5 Å². The highest BCUT2D eigenvalue weighted by atomic mass is 16.5. The van der Waals surface area contributed by atoms with Gasteiger partial charge in [-0.1, -0.05) is 0 Å². The van der Waals surface area contributed by atoms with E-state index in [4.69, 9.17) is 9.47 Å². The van der Waals surface area contributed by atoms with Crippen LogP contribution in [0.5, 0.6) is 11.5 Å². The molecule has 0 radical (unpaired) electrons. The highest BCUT2D eigenvalue weighted by Crippen LogP contribution is 2.26. The van der Waals surface area contributed by atoms with Crippen molar-refractivity contribution in [1.29, 1.82) is 0 Å². The number of nitrogens with one attached hydrogen (secondary N) is 1. The molecule has 156 valence electrons. The number of carbonyl (C=O) groups excluding carboxylic acids is 1. The Kier molecular flexibility index (Phi) is 5.67.